The molecule has 6 heteroatoms. The van der Waals surface area contributed by atoms with Crippen LogP contribution >= 0.6 is 39.1 Å². The monoisotopic (exact) mass is 395 g/mol. The van der Waals surface area contributed by atoms with Gasteiger partial charge in [0, 0.05) is 11.0 Å². The smallest absolute Gasteiger partial charge is 0.0945 e. The summed E-state index contributed by atoms with van der Waals surface area (Å²) in [6, 6.07) is 3.53. The van der Waals surface area contributed by atoms with Crippen molar-refractivity contribution in [1.29, 1.82) is 0 Å². The Morgan fingerprint density at radius 3 is 2.48 bits per heavy atom. The van der Waals surface area contributed by atoms with Crippen molar-refractivity contribution in [3.05, 3.63) is 26.7 Å². The molecule has 1 aliphatic carbocycles. The molecule has 0 radical (unpaired) electrons. The highest BCUT2D eigenvalue weighted by Gasteiger charge is 2.16. The standard InChI is InChI=1S/C15H20BrCl2NO2/c16-10-6-13(17)15(14(18)7-10)19-8-11(20)9-21-12-4-2-1-3-5-12/h6-7,11-12,19-20H,1-5,8-9H2. The zero-order chi connectivity index (χ0) is 15.2. The lowest BCUT2D eigenvalue weighted by Gasteiger charge is -2.23. The average molecular weight is 397 g/mol. The van der Waals surface area contributed by atoms with E-state index < -0.39 is 6.10 Å². The van der Waals surface area contributed by atoms with Crippen LogP contribution in [0.2, 0.25) is 10.0 Å². The molecule has 1 aromatic carbocycles. The molecule has 1 aliphatic rings. The van der Waals surface area contributed by atoms with Gasteiger partial charge in [0.15, 0.2) is 0 Å². The fourth-order valence-corrected chi connectivity index (χ4v) is 3.81. The molecule has 1 unspecified atom stereocenters. The topological polar surface area (TPSA) is 41.5 Å². The van der Waals surface area contributed by atoms with Crippen LogP contribution in [0.5, 0.6) is 0 Å². The number of nitrogens with one attached hydrogen (secondary N) is 1. The van der Waals surface area contributed by atoms with Crippen LogP contribution in [-0.2, 0) is 4.74 Å². The number of halogens is 3. The first-order chi connectivity index (χ1) is 10.1. The Morgan fingerprint density at radius 2 is 1.86 bits per heavy atom. The molecule has 0 aliphatic heterocycles. The average Bonchev–Trinajstić information content (AvgIpc) is 2.45. The molecule has 1 saturated carbocycles. The van der Waals surface area contributed by atoms with E-state index in [0.717, 1.165) is 17.3 Å². The van der Waals surface area contributed by atoms with Gasteiger partial charge in [-0.2, -0.15) is 0 Å². The molecule has 21 heavy (non-hydrogen) atoms. The summed E-state index contributed by atoms with van der Waals surface area (Å²) in [6.45, 7) is 0.692. The molecule has 1 atom stereocenters. The first kappa shape index (κ1) is 17.4. The lowest BCUT2D eigenvalue weighted by Crippen LogP contribution is -2.28. The van der Waals surface area contributed by atoms with Gasteiger partial charge in [-0.1, -0.05) is 58.4 Å². The van der Waals surface area contributed by atoms with E-state index >= 15 is 0 Å². The Labute approximate surface area is 144 Å². The predicted molar refractivity (Wildman–Crippen MR) is 91.5 cm³/mol. The van der Waals surface area contributed by atoms with Crippen LogP contribution in [-0.4, -0.2) is 30.5 Å². The van der Waals surface area contributed by atoms with E-state index in [1.807, 2.05) is 0 Å². The highest BCUT2D eigenvalue weighted by atomic mass is 79.9. The van der Waals surface area contributed by atoms with Crippen molar-refractivity contribution in [2.75, 3.05) is 18.5 Å². The van der Waals surface area contributed by atoms with Crippen molar-refractivity contribution >= 4 is 44.8 Å². The number of benzene rings is 1. The summed E-state index contributed by atoms with van der Waals surface area (Å²) in [5, 5.41) is 14.1. The van der Waals surface area contributed by atoms with E-state index in [1.165, 1.54) is 19.3 Å². The minimum absolute atomic E-state index is 0.299. The van der Waals surface area contributed by atoms with Gasteiger partial charge in [-0.05, 0) is 25.0 Å². The quantitative estimate of drug-likeness (QED) is 0.719. The van der Waals surface area contributed by atoms with Crippen molar-refractivity contribution in [1.82, 2.24) is 0 Å². The van der Waals surface area contributed by atoms with Crippen molar-refractivity contribution in [3.63, 3.8) is 0 Å². The summed E-state index contributed by atoms with van der Waals surface area (Å²) in [4.78, 5) is 0. The third kappa shape index (κ3) is 5.61. The Hall–Kier alpha value is -0.0000000000000000763. The summed E-state index contributed by atoms with van der Waals surface area (Å²) in [6.07, 6.45) is 5.67. The minimum atomic E-state index is -0.581. The number of ether oxygens (including phenoxy) is 1. The summed E-state index contributed by atoms with van der Waals surface area (Å²) < 4.78 is 6.57. The van der Waals surface area contributed by atoms with E-state index in [9.17, 15) is 5.11 Å². The zero-order valence-corrected chi connectivity index (χ0v) is 14.8. The van der Waals surface area contributed by atoms with Crippen LogP contribution in [0.15, 0.2) is 16.6 Å². The Kier molecular flexibility index (Phi) is 7.10. The van der Waals surface area contributed by atoms with Crippen molar-refractivity contribution in [2.24, 2.45) is 0 Å². The van der Waals surface area contributed by atoms with Crippen LogP contribution in [0, 0.1) is 0 Å². The van der Waals surface area contributed by atoms with Gasteiger partial charge < -0.3 is 15.2 Å². The van der Waals surface area contributed by atoms with Crippen LogP contribution in [0.3, 0.4) is 0 Å². The third-order valence-electron chi connectivity index (χ3n) is 3.60. The van der Waals surface area contributed by atoms with Crippen LogP contribution in [0.1, 0.15) is 32.1 Å². The normalized spacial score (nSPS) is 17.7. The molecule has 0 bridgehead atoms. The molecule has 0 heterocycles. The Balaban J connectivity index is 1.77. The first-order valence-corrected chi connectivity index (χ1v) is 8.79. The number of anilines is 1. The van der Waals surface area contributed by atoms with E-state index in [-0.39, 0.29) is 0 Å². The van der Waals surface area contributed by atoms with Crippen LogP contribution in [0.4, 0.5) is 5.69 Å². The predicted octanol–water partition coefficient (Wildman–Crippen LogP) is 4.88. The fraction of sp³-hybridized carbons (Fsp3) is 0.600. The van der Waals surface area contributed by atoms with Gasteiger partial charge in [0.2, 0.25) is 0 Å². The molecule has 2 N–H and O–H groups in total. The van der Waals surface area contributed by atoms with Gasteiger partial charge in [-0.15, -0.1) is 0 Å². The Morgan fingerprint density at radius 1 is 1.24 bits per heavy atom. The van der Waals surface area contributed by atoms with Gasteiger partial charge in [-0.25, -0.2) is 0 Å². The van der Waals surface area contributed by atoms with Crippen LogP contribution < -0.4 is 5.32 Å². The molecule has 0 spiro atoms. The van der Waals surface area contributed by atoms with E-state index in [2.05, 4.69) is 21.2 Å². The van der Waals surface area contributed by atoms with Gasteiger partial charge in [-0.3, -0.25) is 0 Å². The highest BCUT2D eigenvalue weighted by molar-refractivity contribution is 9.10. The van der Waals surface area contributed by atoms with E-state index in [4.69, 9.17) is 27.9 Å². The molecule has 2 rings (SSSR count). The number of hydrogen-bond acceptors (Lipinski definition) is 3. The molecular weight excluding hydrogens is 377 g/mol. The van der Waals surface area contributed by atoms with Crippen LogP contribution in [0.25, 0.3) is 0 Å². The fourth-order valence-electron chi connectivity index (χ4n) is 2.47. The lowest BCUT2D eigenvalue weighted by atomic mass is 9.98. The van der Waals surface area contributed by atoms with Gasteiger partial charge in [0.05, 0.1) is 34.5 Å². The number of rotatable bonds is 6. The maximum atomic E-state index is 9.99. The molecule has 1 aromatic rings. The SMILES string of the molecule is OC(CNc1c(Cl)cc(Br)cc1Cl)COC1CCCCC1. The van der Waals surface area contributed by atoms with Gasteiger partial charge in [0.25, 0.3) is 0 Å². The second-order valence-electron chi connectivity index (χ2n) is 5.37. The second kappa shape index (κ2) is 8.59. The van der Waals surface area contributed by atoms with Crippen molar-refractivity contribution in [2.45, 2.75) is 44.3 Å². The Bertz CT molecular complexity index is 444. The second-order valence-corrected chi connectivity index (χ2v) is 7.10. The molecule has 1 fully saturated rings. The summed E-state index contributed by atoms with van der Waals surface area (Å²) in [7, 11) is 0. The number of aliphatic hydroxyl groups is 1. The molecule has 3 nitrogen and oxygen atoms in total. The first-order valence-electron chi connectivity index (χ1n) is 7.24. The maximum Gasteiger partial charge on any atom is 0.0945 e. The van der Waals surface area contributed by atoms with Gasteiger partial charge in [0.1, 0.15) is 0 Å². The summed E-state index contributed by atoms with van der Waals surface area (Å²) in [5.41, 5.74) is 0.637. The summed E-state index contributed by atoms with van der Waals surface area (Å²) in [5.74, 6) is 0. The number of hydrogen-bond donors (Lipinski definition) is 2. The molecule has 0 amide bonds. The molecule has 118 valence electrons. The molecular formula is C15H20BrCl2NO2. The van der Waals surface area contributed by atoms with E-state index in [1.54, 1.807) is 12.1 Å². The minimum Gasteiger partial charge on any atom is -0.389 e. The largest absolute Gasteiger partial charge is 0.389 e. The maximum absolute atomic E-state index is 9.99. The summed E-state index contributed by atoms with van der Waals surface area (Å²) >= 11 is 15.6. The zero-order valence-electron chi connectivity index (χ0n) is 11.7. The highest BCUT2D eigenvalue weighted by Crippen LogP contribution is 2.33. The number of aliphatic hydroxyl groups excluding tert-OH is 1. The lowest BCUT2D eigenvalue weighted by molar-refractivity contribution is -0.0195. The van der Waals surface area contributed by atoms with Crippen molar-refractivity contribution < 1.29 is 9.84 Å². The van der Waals surface area contributed by atoms with Gasteiger partial charge >= 0.3 is 0 Å². The van der Waals surface area contributed by atoms with E-state index in [0.29, 0.717) is 35.0 Å². The third-order valence-corrected chi connectivity index (χ3v) is 4.65. The molecule has 0 aromatic heterocycles. The molecule has 0 saturated heterocycles. The van der Waals surface area contributed by atoms with Crippen molar-refractivity contribution in [3.8, 4) is 0 Å².